The van der Waals surface area contributed by atoms with Gasteiger partial charge in [-0.05, 0) is 35.6 Å². The lowest BCUT2D eigenvalue weighted by molar-refractivity contribution is 0.406. The molecule has 1 atom stereocenters. The van der Waals surface area contributed by atoms with Crippen molar-refractivity contribution in [3.63, 3.8) is 0 Å². The molecule has 204 valence electrons. The van der Waals surface area contributed by atoms with Crippen LogP contribution in [-0.4, -0.2) is 62.1 Å². The van der Waals surface area contributed by atoms with Gasteiger partial charge in [0.2, 0.25) is 17.8 Å². The monoisotopic (exact) mass is 545 g/mol. The number of nitrogens with zero attached hydrogens (tertiary/aromatic N) is 4. The zero-order valence-corrected chi connectivity index (χ0v) is 22.8. The van der Waals surface area contributed by atoms with Crippen LogP contribution in [0, 0.1) is 0 Å². The Morgan fingerprint density at radius 2 is 1.49 bits per heavy atom. The minimum Gasteiger partial charge on any atom is -0.351 e. The summed E-state index contributed by atoms with van der Waals surface area (Å²) in [5, 5.41) is 10.1. The van der Waals surface area contributed by atoms with Gasteiger partial charge >= 0.3 is 0 Å². The third kappa shape index (κ3) is 6.12. The lowest BCUT2D eigenvalue weighted by atomic mass is 9.88. The van der Waals surface area contributed by atoms with E-state index in [1.807, 2.05) is 36.4 Å². The van der Waals surface area contributed by atoms with E-state index in [0.29, 0.717) is 48.4 Å². The fourth-order valence-corrected chi connectivity index (χ4v) is 6.97. The van der Waals surface area contributed by atoms with Crippen molar-refractivity contribution in [1.82, 2.24) is 20.3 Å². The van der Waals surface area contributed by atoms with Crippen LogP contribution in [0.1, 0.15) is 35.4 Å². The van der Waals surface area contributed by atoms with E-state index >= 15 is 0 Å². The highest BCUT2D eigenvalue weighted by Gasteiger charge is 2.32. The molecule has 2 aliphatic rings. The zero-order chi connectivity index (χ0) is 27.2. The summed E-state index contributed by atoms with van der Waals surface area (Å²) in [7, 11) is -3.40. The molecule has 0 radical (unpaired) electrons. The van der Waals surface area contributed by atoms with E-state index in [4.69, 9.17) is 0 Å². The van der Waals surface area contributed by atoms with Crippen LogP contribution in [0.5, 0.6) is 0 Å². The highest BCUT2D eigenvalue weighted by Crippen LogP contribution is 2.37. The molecule has 3 N–H and O–H groups in total. The van der Waals surface area contributed by atoms with Crippen molar-refractivity contribution in [1.29, 1.82) is 0 Å². The molecule has 3 heterocycles. The lowest BCUT2D eigenvalue weighted by Crippen LogP contribution is -2.44. The van der Waals surface area contributed by atoms with Crippen molar-refractivity contribution >= 4 is 27.7 Å². The molecule has 1 saturated heterocycles. The number of benzene rings is 2. The maximum Gasteiger partial charge on any atom is 0.231 e. The summed E-state index contributed by atoms with van der Waals surface area (Å²) < 4.78 is 26.4. The predicted molar refractivity (Wildman–Crippen MR) is 156 cm³/mol. The number of rotatable bonds is 10. The highest BCUT2D eigenvalue weighted by molar-refractivity contribution is 7.90. The Balaban J connectivity index is 1.29. The molecule has 2 aromatic carbocycles. The van der Waals surface area contributed by atoms with E-state index in [1.54, 1.807) is 18.2 Å². The van der Waals surface area contributed by atoms with E-state index < -0.39 is 9.84 Å². The molecule has 5 rings (SSSR count). The smallest absolute Gasteiger partial charge is 0.231 e. The number of nitrogens with one attached hydrogen (secondary N) is 3. The highest BCUT2D eigenvalue weighted by atomic mass is 32.2. The van der Waals surface area contributed by atoms with Gasteiger partial charge in [-0.3, -0.25) is 0 Å². The van der Waals surface area contributed by atoms with Gasteiger partial charge in [0.15, 0.2) is 9.84 Å². The summed E-state index contributed by atoms with van der Waals surface area (Å²) in [6.45, 7) is 10.9. The van der Waals surface area contributed by atoms with Crippen LogP contribution in [0.15, 0.2) is 78.7 Å². The number of sulfone groups is 1. The number of hydrogen-bond acceptors (Lipinski definition) is 9. The van der Waals surface area contributed by atoms with Gasteiger partial charge in [0, 0.05) is 44.7 Å². The minimum atomic E-state index is -3.40. The minimum absolute atomic E-state index is 0.0341. The Morgan fingerprint density at radius 1 is 0.872 bits per heavy atom. The summed E-state index contributed by atoms with van der Waals surface area (Å²) >= 11 is 0. The van der Waals surface area contributed by atoms with E-state index in [-0.39, 0.29) is 11.7 Å². The topological polar surface area (TPSA) is 112 Å². The van der Waals surface area contributed by atoms with E-state index in [2.05, 4.69) is 55.0 Å². The van der Waals surface area contributed by atoms with Gasteiger partial charge < -0.3 is 20.9 Å². The summed E-state index contributed by atoms with van der Waals surface area (Å²) in [5.74, 6) is 1.65. The Morgan fingerprint density at radius 3 is 2.15 bits per heavy atom. The first-order chi connectivity index (χ1) is 19.0. The van der Waals surface area contributed by atoms with Gasteiger partial charge in [-0.1, -0.05) is 54.6 Å². The van der Waals surface area contributed by atoms with Crippen LogP contribution in [0.25, 0.3) is 0 Å². The average Bonchev–Trinajstić information content (AvgIpc) is 3.05. The summed E-state index contributed by atoms with van der Waals surface area (Å²) in [4.78, 5) is 16.3. The second-order valence-corrected chi connectivity index (χ2v) is 11.8. The van der Waals surface area contributed by atoms with Crippen molar-refractivity contribution in [3.05, 3.63) is 90.5 Å². The third-order valence-corrected chi connectivity index (χ3v) is 8.96. The van der Waals surface area contributed by atoms with Crippen LogP contribution >= 0.6 is 0 Å². The van der Waals surface area contributed by atoms with Crippen LogP contribution in [0.4, 0.5) is 17.8 Å². The molecule has 0 spiro atoms. The number of piperidine rings is 1. The molecule has 39 heavy (non-hydrogen) atoms. The van der Waals surface area contributed by atoms with Crippen LogP contribution < -0.4 is 20.9 Å². The molecule has 1 fully saturated rings. The molecule has 0 bridgehead atoms. The summed E-state index contributed by atoms with van der Waals surface area (Å²) in [6, 6.07) is 15.7. The molecule has 1 aromatic heterocycles. The number of anilines is 3. The maximum atomic E-state index is 13.2. The van der Waals surface area contributed by atoms with Crippen LogP contribution in [-0.2, 0) is 15.6 Å². The quantitative estimate of drug-likeness (QED) is 0.328. The number of fused-ring (bicyclic) bond motifs is 2. The van der Waals surface area contributed by atoms with Crippen molar-refractivity contribution in [2.45, 2.75) is 35.4 Å². The van der Waals surface area contributed by atoms with Gasteiger partial charge in [0.05, 0.1) is 10.6 Å². The second kappa shape index (κ2) is 12.0. The maximum absolute atomic E-state index is 13.2. The molecule has 9 nitrogen and oxygen atoms in total. The summed E-state index contributed by atoms with van der Waals surface area (Å²) in [6.07, 6.45) is 5.37. The van der Waals surface area contributed by atoms with E-state index in [9.17, 15) is 8.42 Å². The molecular formula is C29H35N7O2S. The van der Waals surface area contributed by atoms with Crippen molar-refractivity contribution in [3.8, 4) is 0 Å². The molecule has 0 unspecified atom stereocenters. The number of aromatic nitrogens is 3. The van der Waals surface area contributed by atoms with E-state index in [0.717, 1.165) is 42.6 Å². The van der Waals surface area contributed by atoms with Gasteiger partial charge in [0.25, 0.3) is 0 Å². The van der Waals surface area contributed by atoms with E-state index in [1.165, 1.54) is 0 Å². The normalized spacial score (nSPS) is 18.4. The van der Waals surface area contributed by atoms with Crippen molar-refractivity contribution < 1.29 is 8.42 Å². The Hall–Kier alpha value is -3.76. The van der Waals surface area contributed by atoms with Crippen molar-refractivity contribution in [2.75, 3.05) is 48.3 Å². The first-order valence-electron chi connectivity index (χ1n) is 13.3. The first-order valence-corrected chi connectivity index (χ1v) is 15.0. The molecule has 0 aliphatic carbocycles. The second-order valence-electron chi connectivity index (χ2n) is 9.84. The molecule has 10 heteroatoms. The fourth-order valence-electron chi connectivity index (χ4n) is 5.29. The molecular weight excluding hydrogens is 510 g/mol. The molecule has 2 aliphatic heterocycles. The molecule has 0 saturated carbocycles. The van der Waals surface area contributed by atoms with Crippen LogP contribution in [0.2, 0.25) is 0 Å². The zero-order valence-electron chi connectivity index (χ0n) is 22.0. The average molecular weight is 546 g/mol. The SMILES string of the molecule is C=CCNc1nc(NCC=C)nc(N2CCC(NC[C@H]3c4ccccc4CS(=O)(=O)c4ccccc43)CC2)n1. The Labute approximate surface area is 230 Å². The fraction of sp³-hybridized carbons (Fsp3) is 0.345. The van der Waals surface area contributed by atoms with Crippen LogP contribution in [0.3, 0.4) is 0 Å². The van der Waals surface area contributed by atoms with Crippen molar-refractivity contribution in [2.24, 2.45) is 0 Å². The Bertz CT molecular complexity index is 1400. The predicted octanol–water partition coefficient (Wildman–Crippen LogP) is 3.75. The first kappa shape index (κ1) is 26.8. The van der Waals surface area contributed by atoms with Gasteiger partial charge in [-0.15, -0.1) is 13.2 Å². The molecule has 0 amide bonds. The van der Waals surface area contributed by atoms with Gasteiger partial charge in [-0.2, -0.15) is 15.0 Å². The Kier molecular flexibility index (Phi) is 8.23. The largest absolute Gasteiger partial charge is 0.351 e. The molecule has 3 aromatic rings. The number of hydrogen-bond donors (Lipinski definition) is 3. The lowest BCUT2D eigenvalue weighted by Gasteiger charge is -2.33. The van der Waals surface area contributed by atoms with Gasteiger partial charge in [0.1, 0.15) is 0 Å². The summed E-state index contributed by atoms with van der Waals surface area (Å²) in [5.41, 5.74) is 2.84. The standard InChI is InChI=1S/C29H35N7O2S/c1-3-15-30-27-33-28(31-16-4-2)35-29(34-27)36-17-13-22(14-18-36)32-19-25-23-10-6-5-9-21(23)20-39(37,38)26-12-8-7-11-24(25)26/h3-12,22,25,32H,1-2,13-20H2,(H2,30,31,33,34,35)/t25-/m0/s1. The van der Waals surface area contributed by atoms with Gasteiger partial charge in [-0.25, -0.2) is 8.42 Å². The third-order valence-electron chi connectivity index (χ3n) is 7.23.